The number of hydrogen-bond acceptors (Lipinski definition) is 4. The van der Waals surface area contributed by atoms with E-state index in [1.807, 2.05) is 0 Å². The van der Waals surface area contributed by atoms with E-state index in [-0.39, 0.29) is 6.61 Å². The van der Waals surface area contributed by atoms with Crippen molar-refractivity contribution >= 4 is 24.1 Å². The summed E-state index contributed by atoms with van der Waals surface area (Å²) in [6.45, 7) is 3.40. The Morgan fingerprint density at radius 2 is 2.36 bits per heavy atom. The monoisotopic (exact) mass is 248 g/mol. The maximum atomic E-state index is 11.4. The molecule has 0 fully saturated rings. The van der Waals surface area contributed by atoms with Crippen molar-refractivity contribution in [1.29, 1.82) is 0 Å². The minimum atomic E-state index is -4.01. The van der Waals surface area contributed by atoms with Crippen LogP contribution in [0.4, 0.5) is 4.53 Å². The summed E-state index contributed by atoms with van der Waals surface area (Å²) in [6.07, 6.45) is 1.96. The van der Waals surface area contributed by atoms with E-state index < -0.39 is 7.82 Å². The van der Waals surface area contributed by atoms with Crippen LogP contribution in [-0.2, 0) is 17.4 Å². The molecule has 0 aliphatic rings. The second-order valence-electron chi connectivity index (χ2n) is 1.50. The lowest BCUT2D eigenvalue weighted by Crippen LogP contribution is -1.91. The number of halogens is 2. The third-order valence-electron chi connectivity index (χ3n) is 0.740. The van der Waals surface area contributed by atoms with Crippen LogP contribution < -0.4 is 0 Å². The summed E-state index contributed by atoms with van der Waals surface area (Å²) >= 11 is 2.31. The molecule has 0 heterocycles. The molecule has 0 spiro atoms. The lowest BCUT2D eigenvalue weighted by Gasteiger charge is -2.06. The van der Waals surface area contributed by atoms with Crippen LogP contribution in [0.3, 0.4) is 0 Å². The van der Waals surface area contributed by atoms with Crippen molar-refractivity contribution in [1.82, 2.24) is 0 Å². The highest BCUT2D eigenvalue weighted by Crippen LogP contribution is 2.51. The van der Waals surface area contributed by atoms with Crippen LogP contribution in [0.15, 0.2) is 12.7 Å². The molecule has 0 bridgehead atoms. The number of phosphoric acid groups is 1. The van der Waals surface area contributed by atoms with Gasteiger partial charge in [-0.2, -0.15) is 0 Å². The second-order valence-corrected chi connectivity index (χ2v) is 3.79. The van der Waals surface area contributed by atoms with Crippen molar-refractivity contribution in [3.05, 3.63) is 12.7 Å². The molecule has 0 saturated carbocycles. The van der Waals surface area contributed by atoms with Gasteiger partial charge in [-0.25, -0.2) is 8.18 Å². The van der Waals surface area contributed by atoms with Crippen LogP contribution in [0, 0.1) is 0 Å². The number of hydrogen-bond donors (Lipinski definition) is 0. The standard InChI is InChI=1S/C4H7BrFO4P/c1-2-3-4-8-11(7,9-5)10-6/h2H,1,3-4H2. The third kappa shape index (κ3) is 4.66. The zero-order chi connectivity index (χ0) is 8.74. The Morgan fingerprint density at radius 3 is 2.73 bits per heavy atom. The van der Waals surface area contributed by atoms with Gasteiger partial charge in [0.05, 0.1) is 6.61 Å². The molecule has 4 nitrogen and oxygen atoms in total. The Balaban J connectivity index is 3.69. The van der Waals surface area contributed by atoms with E-state index in [1.165, 1.54) is 6.08 Å². The molecule has 0 aromatic rings. The van der Waals surface area contributed by atoms with Gasteiger partial charge in [0, 0.05) is 0 Å². The smallest absolute Gasteiger partial charge is 0.284 e. The van der Waals surface area contributed by atoms with Crippen LogP contribution in [0.5, 0.6) is 0 Å². The molecule has 66 valence electrons. The first-order valence-corrected chi connectivity index (χ1v) is 4.75. The Morgan fingerprint density at radius 1 is 1.73 bits per heavy atom. The largest absolute Gasteiger partial charge is 0.517 e. The van der Waals surface area contributed by atoms with E-state index in [2.05, 4.69) is 35.7 Å². The fraction of sp³-hybridized carbons (Fsp3) is 0.500. The van der Waals surface area contributed by atoms with E-state index in [0.29, 0.717) is 6.42 Å². The Kier molecular flexibility index (Phi) is 5.99. The first-order chi connectivity index (χ1) is 5.18. The number of rotatable bonds is 6. The van der Waals surface area contributed by atoms with Gasteiger partial charge in [0.15, 0.2) is 0 Å². The molecule has 0 rings (SSSR count). The van der Waals surface area contributed by atoms with E-state index in [1.54, 1.807) is 0 Å². The SMILES string of the molecule is C=CCCOP(=O)(OF)OBr. The van der Waals surface area contributed by atoms with Gasteiger partial charge < -0.3 is 0 Å². The van der Waals surface area contributed by atoms with Gasteiger partial charge >= 0.3 is 7.82 Å². The normalized spacial score (nSPS) is 15.8. The molecule has 0 aromatic carbocycles. The van der Waals surface area contributed by atoms with Crippen molar-refractivity contribution in [2.24, 2.45) is 0 Å². The highest BCUT2D eigenvalue weighted by molar-refractivity contribution is 9.06. The molecule has 7 heteroatoms. The van der Waals surface area contributed by atoms with Gasteiger partial charge in [-0.05, 0) is 10.9 Å². The summed E-state index contributed by atoms with van der Waals surface area (Å²) in [4.78, 5) is 0. The minimum absolute atomic E-state index is 0.0241. The zero-order valence-electron chi connectivity index (χ0n) is 5.53. The van der Waals surface area contributed by atoms with Gasteiger partial charge in [0.1, 0.15) is 16.3 Å². The predicted octanol–water partition coefficient (Wildman–Crippen LogP) is 2.91. The van der Waals surface area contributed by atoms with Crippen LogP contribution >= 0.6 is 24.1 Å². The third-order valence-corrected chi connectivity index (χ3v) is 2.64. The average molecular weight is 249 g/mol. The molecule has 0 N–H and O–H groups in total. The van der Waals surface area contributed by atoms with Crippen molar-refractivity contribution in [3.8, 4) is 0 Å². The Hall–Kier alpha value is 0.260. The maximum absolute atomic E-state index is 11.4. The summed E-state index contributed by atoms with van der Waals surface area (Å²) < 4.78 is 33.4. The predicted molar refractivity (Wildman–Crippen MR) is 40.6 cm³/mol. The Bertz CT molecular complexity index is 156. The lowest BCUT2D eigenvalue weighted by atomic mass is 10.5. The first-order valence-electron chi connectivity index (χ1n) is 2.64. The topological polar surface area (TPSA) is 44.8 Å². The average Bonchev–Trinajstić information content (AvgIpc) is 2.05. The molecular formula is C4H7BrFO4P. The lowest BCUT2D eigenvalue weighted by molar-refractivity contribution is -0.0421. The van der Waals surface area contributed by atoms with Crippen molar-refractivity contribution in [2.45, 2.75) is 6.42 Å². The van der Waals surface area contributed by atoms with Gasteiger partial charge in [0.25, 0.3) is 0 Å². The van der Waals surface area contributed by atoms with Crippen LogP contribution in [-0.4, -0.2) is 6.61 Å². The summed E-state index contributed by atoms with van der Waals surface area (Å²) in [5, 5.41) is 0. The molecule has 0 radical (unpaired) electrons. The summed E-state index contributed by atoms with van der Waals surface area (Å²) in [5.74, 6) is 0. The molecule has 0 aliphatic heterocycles. The van der Waals surface area contributed by atoms with Gasteiger partial charge in [0.2, 0.25) is 0 Å². The van der Waals surface area contributed by atoms with Crippen molar-refractivity contribution in [3.63, 3.8) is 0 Å². The van der Waals surface area contributed by atoms with Crippen LogP contribution in [0.2, 0.25) is 0 Å². The molecule has 1 atom stereocenters. The van der Waals surface area contributed by atoms with Crippen molar-refractivity contribution < 1.29 is 22.0 Å². The molecule has 11 heavy (non-hydrogen) atoms. The summed E-state index contributed by atoms with van der Waals surface area (Å²) in [5.41, 5.74) is 0. The second kappa shape index (κ2) is 5.85. The van der Waals surface area contributed by atoms with Crippen LogP contribution in [0.1, 0.15) is 6.42 Å². The zero-order valence-corrected chi connectivity index (χ0v) is 8.02. The molecule has 0 aromatic heterocycles. The fourth-order valence-electron chi connectivity index (χ4n) is 0.298. The van der Waals surface area contributed by atoms with E-state index in [4.69, 9.17) is 0 Å². The summed E-state index contributed by atoms with van der Waals surface area (Å²) in [6, 6.07) is 0. The quantitative estimate of drug-likeness (QED) is 0.412. The summed E-state index contributed by atoms with van der Waals surface area (Å²) in [7, 11) is -4.01. The molecule has 1 unspecified atom stereocenters. The van der Waals surface area contributed by atoms with Gasteiger partial charge in [-0.3, -0.25) is 4.52 Å². The molecule has 0 aliphatic carbocycles. The first kappa shape index (κ1) is 11.3. The van der Waals surface area contributed by atoms with E-state index in [0.717, 1.165) is 0 Å². The molecule has 0 amide bonds. The van der Waals surface area contributed by atoms with E-state index >= 15 is 0 Å². The highest BCUT2D eigenvalue weighted by Gasteiger charge is 2.26. The van der Waals surface area contributed by atoms with Gasteiger partial charge in [-0.15, -0.1) is 6.58 Å². The Labute approximate surface area is 72.3 Å². The minimum Gasteiger partial charge on any atom is -0.284 e. The van der Waals surface area contributed by atoms with E-state index in [9.17, 15) is 9.09 Å². The maximum Gasteiger partial charge on any atom is 0.517 e. The van der Waals surface area contributed by atoms with Crippen molar-refractivity contribution in [2.75, 3.05) is 6.61 Å². The van der Waals surface area contributed by atoms with Crippen LogP contribution in [0.25, 0.3) is 0 Å². The molecule has 0 saturated heterocycles. The van der Waals surface area contributed by atoms with Gasteiger partial charge in [-0.1, -0.05) is 10.8 Å². The molecular weight excluding hydrogens is 242 g/mol. The highest BCUT2D eigenvalue weighted by atomic mass is 79.9. The fourth-order valence-corrected chi connectivity index (χ4v) is 1.11.